The third-order valence-electron chi connectivity index (χ3n) is 8.71. The second-order valence-electron chi connectivity index (χ2n) is 10.9. The molecular formula is C29H35N3O2. The van der Waals surface area contributed by atoms with Crippen molar-refractivity contribution in [2.75, 3.05) is 13.1 Å². The fourth-order valence-electron chi connectivity index (χ4n) is 7.48. The maximum atomic E-state index is 12.7. The van der Waals surface area contributed by atoms with Gasteiger partial charge in [0.05, 0.1) is 11.0 Å². The molecule has 178 valence electrons. The minimum atomic E-state index is 0.0541. The molecule has 0 aliphatic heterocycles. The summed E-state index contributed by atoms with van der Waals surface area (Å²) in [7, 11) is 0. The van der Waals surface area contributed by atoms with E-state index in [9.17, 15) is 4.79 Å². The van der Waals surface area contributed by atoms with Gasteiger partial charge in [-0.3, -0.25) is 4.79 Å². The van der Waals surface area contributed by atoms with Gasteiger partial charge in [0.2, 0.25) is 0 Å². The third-order valence-corrected chi connectivity index (χ3v) is 8.71. The number of aromatic nitrogens is 2. The molecule has 4 bridgehead atoms. The van der Waals surface area contributed by atoms with Crippen molar-refractivity contribution >= 4 is 16.9 Å². The summed E-state index contributed by atoms with van der Waals surface area (Å²) in [4.78, 5) is 22.5. The van der Waals surface area contributed by atoms with Crippen LogP contribution >= 0.6 is 0 Å². The predicted molar refractivity (Wildman–Crippen MR) is 134 cm³/mol. The van der Waals surface area contributed by atoms with Crippen molar-refractivity contribution in [2.24, 2.45) is 17.8 Å². The van der Waals surface area contributed by atoms with Crippen LogP contribution in [0, 0.1) is 17.8 Å². The summed E-state index contributed by atoms with van der Waals surface area (Å²) in [5.74, 6) is 4.58. The molecule has 7 rings (SSSR count). The molecule has 4 aliphatic carbocycles. The number of benzene rings is 2. The molecule has 0 atom stereocenters. The van der Waals surface area contributed by atoms with Gasteiger partial charge in [-0.1, -0.05) is 12.1 Å². The van der Waals surface area contributed by atoms with Crippen LogP contribution in [0.15, 0.2) is 42.5 Å². The molecule has 1 amide bonds. The molecule has 1 heterocycles. The average molecular weight is 458 g/mol. The molecule has 4 aliphatic rings. The van der Waals surface area contributed by atoms with E-state index in [1.807, 2.05) is 36.9 Å². The van der Waals surface area contributed by atoms with Gasteiger partial charge in [0.1, 0.15) is 18.2 Å². The number of carbonyl (C=O) groups excluding carboxylic acids is 1. The van der Waals surface area contributed by atoms with Gasteiger partial charge in [0.15, 0.2) is 0 Å². The number of rotatable bonds is 7. The van der Waals surface area contributed by atoms with Crippen LogP contribution < -0.4 is 4.74 Å². The van der Waals surface area contributed by atoms with E-state index < -0.39 is 0 Å². The number of ether oxygens (including phenoxy) is 1. The molecule has 0 spiro atoms. The largest absolute Gasteiger partial charge is 0.486 e. The smallest absolute Gasteiger partial charge is 0.253 e. The van der Waals surface area contributed by atoms with Gasteiger partial charge in [-0.2, -0.15) is 0 Å². The number of aromatic amines is 1. The van der Waals surface area contributed by atoms with E-state index in [2.05, 4.69) is 34.2 Å². The molecule has 4 fully saturated rings. The minimum Gasteiger partial charge on any atom is -0.486 e. The molecule has 4 saturated carbocycles. The van der Waals surface area contributed by atoms with E-state index in [0.717, 1.165) is 40.4 Å². The van der Waals surface area contributed by atoms with Crippen molar-refractivity contribution in [3.05, 3.63) is 59.4 Å². The number of H-pyrrole nitrogens is 1. The first-order valence-corrected chi connectivity index (χ1v) is 13.1. The maximum absolute atomic E-state index is 12.7. The van der Waals surface area contributed by atoms with Gasteiger partial charge in [0, 0.05) is 18.7 Å². The molecule has 5 nitrogen and oxygen atoms in total. The maximum Gasteiger partial charge on any atom is 0.253 e. The van der Waals surface area contributed by atoms with Crippen LogP contribution in [0.3, 0.4) is 0 Å². The number of imidazole rings is 1. The first-order valence-electron chi connectivity index (χ1n) is 13.1. The van der Waals surface area contributed by atoms with Gasteiger partial charge in [0.25, 0.3) is 5.91 Å². The Morgan fingerprint density at radius 2 is 1.65 bits per heavy atom. The lowest BCUT2D eigenvalue weighted by atomic mass is 9.48. The van der Waals surface area contributed by atoms with Crippen molar-refractivity contribution in [1.29, 1.82) is 0 Å². The van der Waals surface area contributed by atoms with Crippen LogP contribution in [0.25, 0.3) is 11.0 Å². The normalized spacial score (nSPS) is 27.3. The van der Waals surface area contributed by atoms with Crippen molar-refractivity contribution in [1.82, 2.24) is 14.9 Å². The zero-order valence-electron chi connectivity index (χ0n) is 20.3. The highest BCUT2D eigenvalue weighted by atomic mass is 16.5. The van der Waals surface area contributed by atoms with Crippen LogP contribution in [0.4, 0.5) is 0 Å². The number of carbonyl (C=O) groups is 1. The summed E-state index contributed by atoms with van der Waals surface area (Å²) in [6.45, 7) is 5.79. The van der Waals surface area contributed by atoms with Gasteiger partial charge in [-0.25, -0.2) is 4.98 Å². The Morgan fingerprint density at radius 1 is 1.00 bits per heavy atom. The van der Waals surface area contributed by atoms with Crippen molar-refractivity contribution < 1.29 is 9.53 Å². The second kappa shape index (κ2) is 8.44. The van der Waals surface area contributed by atoms with E-state index in [1.54, 1.807) is 0 Å². The first kappa shape index (κ1) is 21.7. The average Bonchev–Trinajstić information content (AvgIpc) is 3.25. The molecule has 5 heteroatoms. The van der Waals surface area contributed by atoms with Crippen LogP contribution in [0.2, 0.25) is 0 Å². The number of nitrogens with one attached hydrogen (secondary N) is 1. The van der Waals surface area contributed by atoms with Crippen LogP contribution in [0.1, 0.15) is 74.1 Å². The van der Waals surface area contributed by atoms with Crippen LogP contribution in [-0.4, -0.2) is 33.9 Å². The van der Waals surface area contributed by atoms with E-state index in [0.29, 0.717) is 30.7 Å². The molecule has 2 aromatic carbocycles. The molecular weight excluding hydrogens is 422 g/mol. The van der Waals surface area contributed by atoms with Gasteiger partial charge < -0.3 is 14.6 Å². The van der Waals surface area contributed by atoms with E-state index in [4.69, 9.17) is 4.74 Å². The molecule has 34 heavy (non-hydrogen) atoms. The van der Waals surface area contributed by atoms with E-state index >= 15 is 0 Å². The molecule has 1 N–H and O–H groups in total. The highest BCUT2D eigenvalue weighted by molar-refractivity contribution is 5.97. The molecule has 1 aromatic heterocycles. The predicted octanol–water partition coefficient (Wildman–Crippen LogP) is 6.09. The summed E-state index contributed by atoms with van der Waals surface area (Å²) in [5, 5.41) is 0. The first-order chi connectivity index (χ1) is 16.5. The SMILES string of the molecule is CCN(CC)C(=O)c1ccc2nc(COc3ccc(C45CC6CC(CC(C6)C4)C5)cc3)[nH]c2c1. The number of hydrogen-bond donors (Lipinski definition) is 1. The van der Waals surface area contributed by atoms with Gasteiger partial charge in [-0.15, -0.1) is 0 Å². The third kappa shape index (κ3) is 3.79. The molecule has 0 unspecified atom stereocenters. The zero-order chi connectivity index (χ0) is 23.3. The topological polar surface area (TPSA) is 58.2 Å². The monoisotopic (exact) mass is 457 g/mol. The van der Waals surface area contributed by atoms with Crippen molar-refractivity contribution in [3.8, 4) is 5.75 Å². The molecule has 3 aromatic rings. The Kier molecular flexibility index (Phi) is 5.39. The number of nitrogens with zero attached hydrogens (tertiary/aromatic N) is 2. The summed E-state index contributed by atoms with van der Waals surface area (Å²) in [5.41, 5.74) is 4.35. The van der Waals surface area contributed by atoms with Crippen LogP contribution in [-0.2, 0) is 12.0 Å². The Balaban J connectivity index is 1.13. The Labute approximate surface area is 201 Å². The number of amides is 1. The highest BCUT2D eigenvalue weighted by Crippen LogP contribution is 2.60. The van der Waals surface area contributed by atoms with Crippen molar-refractivity contribution in [2.45, 2.75) is 64.4 Å². The Morgan fingerprint density at radius 3 is 2.26 bits per heavy atom. The minimum absolute atomic E-state index is 0.0541. The van der Waals surface area contributed by atoms with Crippen LogP contribution in [0.5, 0.6) is 5.75 Å². The Bertz CT molecular complexity index is 1160. The standard InChI is InChI=1S/C29H35N3O2/c1-3-32(4-2)28(33)22-5-10-25-26(14-22)31-27(30-25)18-34-24-8-6-23(7-9-24)29-15-19-11-20(16-29)13-21(12-19)17-29/h5-10,14,19-21H,3-4,11-13,15-18H2,1-2H3,(H,30,31). The summed E-state index contributed by atoms with van der Waals surface area (Å²) in [6, 6.07) is 14.6. The number of fused-ring (bicyclic) bond motifs is 1. The lowest BCUT2D eigenvalue weighted by Gasteiger charge is -2.57. The van der Waals surface area contributed by atoms with Crippen molar-refractivity contribution in [3.63, 3.8) is 0 Å². The fraction of sp³-hybridized carbons (Fsp3) is 0.517. The quantitative estimate of drug-likeness (QED) is 0.467. The van der Waals surface area contributed by atoms with Gasteiger partial charge in [-0.05, 0) is 111 Å². The summed E-state index contributed by atoms with van der Waals surface area (Å²) < 4.78 is 6.08. The fourth-order valence-corrected chi connectivity index (χ4v) is 7.48. The molecule has 0 saturated heterocycles. The van der Waals surface area contributed by atoms with Gasteiger partial charge >= 0.3 is 0 Å². The Hall–Kier alpha value is -2.82. The lowest BCUT2D eigenvalue weighted by molar-refractivity contribution is -0.00521. The zero-order valence-corrected chi connectivity index (χ0v) is 20.3. The second-order valence-corrected chi connectivity index (χ2v) is 10.9. The number of hydrogen-bond acceptors (Lipinski definition) is 3. The van der Waals surface area contributed by atoms with E-state index in [1.165, 1.54) is 44.1 Å². The highest BCUT2D eigenvalue weighted by Gasteiger charge is 2.51. The molecule has 0 radical (unpaired) electrons. The summed E-state index contributed by atoms with van der Waals surface area (Å²) in [6.07, 6.45) is 8.58. The summed E-state index contributed by atoms with van der Waals surface area (Å²) >= 11 is 0. The van der Waals surface area contributed by atoms with E-state index in [-0.39, 0.29) is 5.91 Å². The lowest BCUT2D eigenvalue weighted by Crippen LogP contribution is -2.48.